The Labute approximate surface area is 134 Å². The van der Waals surface area contributed by atoms with Gasteiger partial charge < -0.3 is 5.11 Å². The van der Waals surface area contributed by atoms with Crippen molar-refractivity contribution in [3.8, 4) is 0 Å². The van der Waals surface area contributed by atoms with Crippen LogP contribution in [0.15, 0.2) is 23.1 Å². The van der Waals surface area contributed by atoms with Crippen LogP contribution in [0.1, 0.15) is 10.4 Å². The average molecular weight is 276 g/mol. The average Bonchev–Trinajstić information content (AvgIpc) is 2.01. The van der Waals surface area contributed by atoms with Crippen molar-refractivity contribution in [3.05, 3.63) is 28.8 Å². The van der Waals surface area contributed by atoms with Crippen LogP contribution in [0.3, 0.4) is 0 Å². The van der Waals surface area contributed by atoms with Gasteiger partial charge in [-0.05, 0) is 18.2 Å². The first-order chi connectivity index (χ1) is 6.32. The number of carbonyl (C=O) groups is 1. The number of halogens is 1. The minimum absolute atomic E-state index is 0. The van der Waals surface area contributed by atoms with E-state index in [1.807, 2.05) is 0 Å². The van der Waals surface area contributed by atoms with E-state index in [9.17, 15) is 13.2 Å². The third-order valence-corrected chi connectivity index (χ3v) is 2.63. The van der Waals surface area contributed by atoms with Crippen molar-refractivity contribution in [2.24, 2.45) is 0 Å². The number of hydrogen-bond acceptors (Lipinski definition) is 3. The molecule has 0 bridgehead atoms. The van der Waals surface area contributed by atoms with E-state index >= 15 is 0 Å². The summed E-state index contributed by atoms with van der Waals surface area (Å²) in [6.07, 6.45) is 0. The van der Waals surface area contributed by atoms with E-state index in [0.717, 1.165) is 18.2 Å². The van der Waals surface area contributed by atoms with E-state index in [1.165, 1.54) is 0 Å². The predicted molar refractivity (Wildman–Crippen MR) is 54.0 cm³/mol. The minimum Gasteiger partial charge on any atom is -0.478 e. The normalized spacial score (nSPS) is 10.5. The van der Waals surface area contributed by atoms with Gasteiger partial charge in [0.05, 0.1) is 15.5 Å². The first kappa shape index (κ1) is 15.5. The molecule has 2 N–H and O–H groups in total. The zero-order valence-electron chi connectivity index (χ0n) is 7.64. The van der Waals surface area contributed by atoms with E-state index in [0.29, 0.717) is 0 Å². The van der Waals surface area contributed by atoms with Gasteiger partial charge in [0.2, 0.25) is 0 Å². The molecule has 0 aromatic heterocycles. The summed E-state index contributed by atoms with van der Waals surface area (Å²) in [7, 11) is -4.35. The van der Waals surface area contributed by atoms with Crippen LogP contribution >= 0.6 is 11.6 Å². The quantitative estimate of drug-likeness (QED) is 0.618. The second-order valence-corrected chi connectivity index (χ2v) is 4.25. The molecule has 0 amide bonds. The number of aromatic carboxylic acids is 1. The molecule has 0 atom stereocenters. The molecule has 8 heteroatoms. The Morgan fingerprint density at radius 2 is 1.87 bits per heavy atom. The zero-order valence-corrected chi connectivity index (χ0v) is 12.3. The maximum Gasteiger partial charge on any atom is 0.337 e. The number of carboxylic acids is 1. The molecule has 1 radical (unpaired) electrons. The third-order valence-electron chi connectivity index (χ3n) is 1.47. The largest absolute Gasteiger partial charge is 0.478 e. The van der Waals surface area contributed by atoms with Crippen LogP contribution < -0.4 is 0 Å². The Morgan fingerprint density at radius 1 is 1.33 bits per heavy atom. The van der Waals surface area contributed by atoms with Gasteiger partial charge in [-0.2, -0.15) is 8.42 Å². The van der Waals surface area contributed by atoms with Gasteiger partial charge in [0.1, 0.15) is 0 Å². The Hall–Kier alpha value is 0.526. The smallest absolute Gasteiger partial charge is 0.337 e. The number of carboxylic acid groups (broad SMARTS) is 1. The van der Waals surface area contributed by atoms with Crippen molar-refractivity contribution < 1.29 is 22.9 Å². The second-order valence-electron chi connectivity index (χ2n) is 2.42. The second kappa shape index (κ2) is 5.74. The Balaban J connectivity index is 0.00000196. The molecule has 0 unspecified atom stereocenters. The van der Waals surface area contributed by atoms with Gasteiger partial charge in [-0.3, -0.25) is 4.55 Å². The van der Waals surface area contributed by atoms with Gasteiger partial charge in [0.15, 0.2) is 0 Å². The standard InChI is InChI=1S/C7H5ClO5S.K/c8-6-3-4(14(11,12)13)1-2-5(6)7(9)10;/h1-3H,(H,9,10)(H,11,12,13);. The summed E-state index contributed by atoms with van der Waals surface area (Å²) in [5.74, 6) is -1.27. The van der Waals surface area contributed by atoms with Crippen LogP contribution in [0.25, 0.3) is 0 Å². The van der Waals surface area contributed by atoms with E-state index in [4.69, 9.17) is 21.3 Å². The molecule has 1 aromatic rings. The van der Waals surface area contributed by atoms with Crippen molar-refractivity contribution in [3.63, 3.8) is 0 Å². The van der Waals surface area contributed by atoms with Gasteiger partial charge in [-0.15, -0.1) is 0 Å². The molecule has 0 saturated carbocycles. The third kappa shape index (κ3) is 4.12. The van der Waals surface area contributed by atoms with Gasteiger partial charge in [0.25, 0.3) is 10.1 Å². The van der Waals surface area contributed by atoms with Crippen molar-refractivity contribution in [1.29, 1.82) is 0 Å². The molecular weight excluding hydrogens is 271 g/mol. The van der Waals surface area contributed by atoms with E-state index < -0.39 is 21.0 Å². The van der Waals surface area contributed by atoms with Gasteiger partial charge in [-0.25, -0.2) is 4.79 Å². The Morgan fingerprint density at radius 3 is 2.20 bits per heavy atom. The van der Waals surface area contributed by atoms with E-state index in [2.05, 4.69) is 0 Å². The SMILES string of the molecule is O=C(O)c1ccc(S(=O)(=O)O)cc1Cl.[K]. The summed E-state index contributed by atoms with van der Waals surface area (Å²) >= 11 is 5.47. The van der Waals surface area contributed by atoms with Gasteiger partial charge in [0, 0.05) is 51.4 Å². The molecule has 77 valence electrons. The van der Waals surface area contributed by atoms with Crippen molar-refractivity contribution in [2.45, 2.75) is 4.90 Å². The number of benzene rings is 1. The molecule has 0 saturated heterocycles. The van der Waals surface area contributed by atoms with Crippen LogP contribution in [0.5, 0.6) is 0 Å². The predicted octanol–water partition coefficient (Wildman–Crippen LogP) is 0.904. The maximum absolute atomic E-state index is 10.6. The van der Waals surface area contributed by atoms with Crippen molar-refractivity contribution in [2.75, 3.05) is 0 Å². The fraction of sp³-hybridized carbons (Fsp3) is 0. The molecular formula is C7H5ClKO5S. The molecule has 0 aliphatic heterocycles. The van der Waals surface area contributed by atoms with Gasteiger partial charge in [-0.1, -0.05) is 11.6 Å². The number of hydrogen-bond donors (Lipinski definition) is 2. The van der Waals surface area contributed by atoms with Crippen LogP contribution in [-0.4, -0.2) is 75.4 Å². The molecule has 0 aliphatic carbocycles. The molecule has 0 fully saturated rings. The first-order valence-corrected chi connectivity index (χ1v) is 5.14. The first-order valence-electron chi connectivity index (χ1n) is 3.32. The molecule has 1 rings (SSSR count). The summed E-state index contributed by atoms with van der Waals surface area (Å²) in [6.45, 7) is 0. The topological polar surface area (TPSA) is 91.7 Å². The Bertz CT molecular complexity index is 484. The van der Waals surface area contributed by atoms with Crippen LogP contribution in [-0.2, 0) is 10.1 Å². The summed E-state index contributed by atoms with van der Waals surface area (Å²) in [6, 6.07) is 2.85. The van der Waals surface area contributed by atoms with Crippen LogP contribution in [0.2, 0.25) is 5.02 Å². The van der Waals surface area contributed by atoms with Crippen molar-refractivity contribution >= 4 is 79.1 Å². The number of rotatable bonds is 2. The fourth-order valence-electron chi connectivity index (χ4n) is 0.830. The molecule has 5 nitrogen and oxygen atoms in total. The van der Waals surface area contributed by atoms with Crippen molar-refractivity contribution in [1.82, 2.24) is 0 Å². The summed E-state index contributed by atoms with van der Waals surface area (Å²) in [5, 5.41) is 8.32. The molecule has 0 heterocycles. The minimum atomic E-state index is -4.35. The molecule has 15 heavy (non-hydrogen) atoms. The fourth-order valence-corrected chi connectivity index (χ4v) is 1.66. The molecule has 0 aliphatic rings. The summed E-state index contributed by atoms with van der Waals surface area (Å²) < 4.78 is 29.8. The summed E-state index contributed by atoms with van der Waals surface area (Å²) in [5.41, 5.74) is -0.223. The maximum atomic E-state index is 10.6. The molecule has 0 spiro atoms. The van der Waals surface area contributed by atoms with Crippen LogP contribution in [0, 0.1) is 0 Å². The van der Waals surface area contributed by atoms with E-state index in [1.54, 1.807) is 0 Å². The summed E-state index contributed by atoms with van der Waals surface area (Å²) in [4.78, 5) is 10.0. The monoisotopic (exact) mass is 275 g/mol. The van der Waals surface area contributed by atoms with E-state index in [-0.39, 0.29) is 62.0 Å². The van der Waals surface area contributed by atoms with Gasteiger partial charge >= 0.3 is 5.97 Å². The Kier molecular flexibility index (Phi) is 5.94. The zero-order chi connectivity index (χ0) is 10.9. The van der Waals surface area contributed by atoms with Crippen LogP contribution in [0.4, 0.5) is 0 Å². The molecule has 1 aromatic carbocycles.